The Bertz CT molecular complexity index is 683. The predicted octanol–water partition coefficient (Wildman–Crippen LogP) is 3.99. The molecule has 1 aromatic heterocycles. The Kier molecular flexibility index (Phi) is 4.08. The molecule has 0 spiro atoms. The highest BCUT2D eigenvalue weighted by Crippen LogP contribution is 2.27. The van der Waals surface area contributed by atoms with Gasteiger partial charge in [0.2, 0.25) is 0 Å². The van der Waals surface area contributed by atoms with Gasteiger partial charge in [0.15, 0.2) is 0 Å². The second-order valence-corrected chi connectivity index (χ2v) is 6.07. The number of nitrogens with two attached hydrogens (primary N) is 1. The largest absolute Gasteiger partial charge is 0.389 e. The number of nitrogens with zero attached hydrogens (tertiary/aromatic N) is 1. The fourth-order valence-electron chi connectivity index (χ4n) is 2.59. The minimum absolute atomic E-state index is 0.368. The number of thiocarbonyl (C=S) groups is 1. The summed E-state index contributed by atoms with van der Waals surface area (Å²) in [6.45, 7) is 0. The third-order valence-electron chi connectivity index (χ3n) is 3.67. The molecular formula is C16H16ClN3S. The van der Waals surface area contributed by atoms with Crippen molar-refractivity contribution in [2.45, 2.75) is 25.7 Å². The van der Waals surface area contributed by atoms with E-state index in [0.29, 0.717) is 10.0 Å². The molecule has 1 aliphatic rings. The van der Waals surface area contributed by atoms with Crippen LogP contribution in [0, 0.1) is 0 Å². The number of nitrogens with one attached hydrogen (secondary N) is 1. The van der Waals surface area contributed by atoms with Gasteiger partial charge in [-0.2, -0.15) is 0 Å². The molecule has 0 saturated heterocycles. The van der Waals surface area contributed by atoms with Crippen LogP contribution in [0.25, 0.3) is 0 Å². The lowest BCUT2D eigenvalue weighted by molar-refractivity contribution is 0.668. The molecule has 21 heavy (non-hydrogen) atoms. The second kappa shape index (κ2) is 6.00. The van der Waals surface area contributed by atoms with Gasteiger partial charge < -0.3 is 11.1 Å². The number of fused-ring (bicyclic) bond motifs is 1. The van der Waals surface area contributed by atoms with E-state index in [9.17, 15) is 0 Å². The van der Waals surface area contributed by atoms with Crippen molar-refractivity contribution >= 4 is 40.3 Å². The molecule has 2 aromatic rings. The van der Waals surface area contributed by atoms with E-state index in [-0.39, 0.29) is 0 Å². The Labute approximate surface area is 134 Å². The van der Waals surface area contributed by atoms with Gasteiger partial charge in [0.1, 0.15) is 10.8 Å². The number of anilines is 2. The first-order valence-corrected chi connectivity index (χ1v) is 7.77. The minimum atomic E-state index is 0.368. The Balaban J connectivity index is 1.99. The van der Waals surface area contributed by atoms with Crippen molar-refractivity contribution < 1.29 is 0 Å². The van der Waals surface area contributed by atoms with Gasteiger partial charge >= 0.3 is 0 Å². The van der Waals surface area contributed by atoms with Crippen LogP contribution in [0.2, 0.25) is 5.02 Å². The quantitative estimate of drug-likeness (QED) is 0.840. The lowest BCUT2D eigenvalue weighted by atomic mass is 9.94. The normalized spacial score (nSPS) is 13.6. The number of halogens is 1. The number of aryl methyl sites for hydroxylation is 2. The number of aromatic nitrogens is 1. The van der Waals surface area contributed by atoms with Gasteiger partial charge in [0.05, 0.1) is 5.56 Å². The van der Waals surface area contributed by atoms with Crippen LogP contribution >= 0.6 is 23.8 Å². The van der Waals surface area contributed by atoms with Crippen molar-refractivity contribution in [1.82, 2.24) is 4.98 Å². The molecule has 0 saturated carbocycles. The average Bonchev–Trinajstić information content (AvgIpc) is 2.48. The summed E-state index contributed by atoms with van der Waals surface area (Å²) in [6.07, 6.45) is 4.46. The van der Waals surface area contributed by atoms with Crippen molar-refractivity contribution in [2.75, 3.05) is 5.32 Å². The molecule has 0 unspecified atom stereocenters. The van der Waals surface area contributed by atoms with Crippen LogP contribution in [0.1, 0.15) is 29.7 Å². The number of benzene rings is 1. The van der Waals surface area contributed by atoms with Crippen LogP contribution in [0.4, 0.5) is 11.5 Å². The molecule has 108 valence electrons. The first kappa shape index (κ1) is 14.3. The van der Waals surface area contributed by atoms with Gasteiger partial charge in [-0.15, -0.1) is 0 Å². The highest BCUT2D eigenvalue weighted by Gasteiger charge is 2.16. The maximum Gasteiger partial charge on any atom is 0.140 e. The van der Waals surface area contributed by atoms with Crippen LogP contribution in [0.3, 0.4) is 0 Å². The zero-order chi connectivity index (χ0) is 14.8. The van der Waals surface area contributed by atoms with Gasteiger partial charge in [-0.3, -0.25) is 0 Å². The number of hydrogen-bond donors (Lipinski definition) is 2. The van der Waals surface area contributed by atoms with Crippen molar-refractivity contribution in [3.8, 4) is 0 Å². The highest BCUT2D eigenvalue weighted by molar-refractivity contribution is 7.80. The molecule has 1 heterocycles. The molecule has 0 atom stereocenters. The molecule has 0 radical (unpaired) electrons. The summed E-state index contributed by atoms with van der Waals surface area (Å²) in [5.41, 5.74) is 10.00. The average molecular weight is 318 g/mol. The molecule has 0 bridgehead atoms. The monoisotopic (exact) mass is 317 g/mol. The second-order valence-electron chi connectivity index (χ2n) is 5.19. The van der Waals surface area contributed by atoms with Crippen LogP contribution in [-0.4, -0.2) is 9.97 Å². The van der Waals surface area contributed by atoms with E-state index in [1.54, 1.807) is 0 Å². The highest BCUT2D eigenvalue weighted by atomic mass is 35.5. The van der Waals surface area contributed by atoms with Crippen molar-refractivity contribution in [2.24, 2.45) is 5.73 Å². The summed E-state index contributed by atoms with van der Waals surface area (Å²) in [5, 5.41) is 4.00. The van der Waals surface area contributed by atoms with Crippen LogP contribution in [0.15, 0.2) is 30.3 Å². The van der Waals surface area contributed by atoms with Crippen molar-refractivity contribution in [3.63, 3.8) is 0 Å². The van der Waals surface area contributed by atoms with Crippen molar-refractivity contribution in [3.05, 3.63) is 52.2 Å². The molecule has 3 nitrogen and oxygen atoms in total. The minimum Gasteiger partial charge on any atom is -0.389 e. The van der Waals surface area contributed by atoms with E-state index in [0.717, 1.165) is 35.6 Å². The lowest BCUT2D eigenvalue weighted by Gasteiger charge is -2.19. The van der Waals surface area contributed by atoms with Gasteiger partial charge in [0.25, 0.3) is 0 Å². The van der Waals surface area contributed by atoms with E-state index in [1.807, 2.05) is 24.3 Å². The molecular weight excluding hydrogens is 302 g/mol. The van der Waals surface area contributed by atoms with Gasteiger partial charge in [0, 0.05) is 16.4 Å². The molecule has 0 aliphatic heterocycles. The zero-order valence-electron chi connectivity index (χ0n) is 11.5. The maximum atomic E-state index is 5.91. The smallest absolute Gasteiger partial charge is 0.140 e. The molecule has 3 N–H and O–H groups in total. The Morgan fingerprint density at radius 2 is 1.90 bits per heavy atom. The van der Waals surface area contributed by atoms with Crippen molar-refractivity contribution in [1.29, 1.82) is 0 Å². The fourth-order valence-corrected chi connectivity index (χ4v) is 2.87. The molecule has 0 fully saturated rings. The molecule has 1 aromatic carbocycles. The molecule has 0 amide bonds. The molecule has 1 aliphatic carbocycles. The third kappa shape index (κ3) is 3.17. The van der Waals surface area contributed by atoms with Crippen LogP contribution < -0.4 is 11.1 Å². The predicted molar refractivity (Wildman–Crippen MR) is 91.5 cm³/mol. The summed E-state index contributed by atoms with van der Waals surface area (Å²) in [4.78, 5) is 5.11. The number of rotatable bonds is 3. The Morgan fingerprint density at radius 3 is 2.62 bits per heavy atom. The molecule has 3 rings (SSSR count). The summed E-state index contributed by atoms with van der Waals surface area (Å²) < 4.78 is 0. The van der Waals surface area contributed by atoms with Crippen LogP contribution in [-0.2, 0) is 12.8 Å². The first-order valence-electron chi connectivity index (χ1n) is 6.98. The fraction of sp³-hybridized carbons (Fsp3) is 0.250. The van der Waals surface area contributed by atoms with E-state index in [1.165, 1.54) is 18.4 Å². The van der Waals surface area contributed by atoms with E-state index < -0.39 is 0 Å². The Morgan fingerprint density at radius 1 is 1.19 bits per heavy atom. The SMILES string of the molecule is NC(=S)c1cc2c(nc1Nc1ccc(Cl)cc1)CCCC2. The lowest BCUT2D eigenvalue weighted by Crippen LogP contribution is -2.16. The van der Waals surface area contributed by atoms with E-state index >= 15 is 0 Å². The maximum absolute atomic E-state index is 5.91. The van der Waals surface area contributed by atoms with E-state index in [2.05, 4.69) is 11.4 Å². The zero-order valence-corrected chi connectivity index (χ0v) is 13.1. The van der Waals surface area contributed by atoms with Gasteiger partial charge in [-0.25, -0.2) is 4.98 Å². The summed E-state index contributed by atoms with van der Waals surface area (Å²) in [6, 6.07) is 9.58. The van der Waals surface area contributed by atoms with Gasteiger partial charge in [-0.1, -0.05) is 23.8 Å². The summed E-state index contributed by atoms with van der Waals surface area (Å²) in [5.74, 6) is 0.727. The third-order valence-corrected chi connectivity index (χ3v) is 4.15. The molecule has 5 heteroatoms. The first-order chi connectivity index (χ1) is 10.1. The number of pyridine rings is 1. The van der Waals surface area contributed by atoms with E-state index in [4.69, 9.17) is 34.5 Å². The summed E-state index contributed by atoms with van der Waals surface area (Å²) in [7, 11) is 0. The standard InChI is InChI=1S/C16H16ClN3S/c17-11-5-7-12(8-6-11)19-16-13(15(18)21)9-10-3-1-2-4-14(10)20-16/h5-9H,1-4H2,(H2,18,21)(H,19,20). The number of hydrogen-bond acceptors (Lipinski definition) is 3. The van der Waals surface area contributed by atoms with Gasteiger partial charge in [-0.05, 0) is 61.6 Å². The Hall–Kier alpha value is -1.65. The summed E-state index contributed by atoms with van der Waals surface area (Å²) >= 11 is 11.1. The van der Waals surface area contributed by atoms with Crippen LogP contribution in [0.5, 0.6) is 0 Å². The topological polar surface area (TPSA) is 50.9 Å².